The number of nitrogens with one attached hydrogen (secondary N) is 1. The number of fused-ring (bicyclic) bond motifs is 1. The van der Waals surface area contributed by atoms with Crippen molar-refractivity contribution < 1.29 is 28.6 Å². The maximum atomic E-state index is 12.7. The molecule has 2 atom stereocenters. The van der Waals surface area contributed by atoms with Crippen LogP contribution in [0.2, 0.25) is 0 Å². The molecule has 1 N–H and O–H groups in total. The fraction of sp³-hybridized carbons (Fsp3) is 0.400. The van der Waals surface area contributed by atoms with Gasteiger partial charge < -0.3 is 19.2 Å². The van der Waals surface area contributed by atoms with Gasteiger partial charge in [0.25, 0.3) is 0 Å². The van der Waals surface area contributed by atoms with E-state index in [1.165, 1.54) is 13.0 Å². The third-order valence-electron chi connectivity index (χ3n) is 4.60. The topological polar surface area (TPSA) is 112 Å². The third-order valence-corrected chi connectivity index (χ3v) is 4.60. The first kappa shape index (κ1) is 21.1. The van der Waals surface area contributed by atoms with Gasteiger partial charge >= 0.3 is 17.9 Å². The van der Waals surface area contributed by atoms with Crippen LogP contribution in [-0.2, 0) is 28.6 Å². The first-order valence-corrected chi connectivity index (χ1v) is 8.79. The highest BCUT2D eigenvalue weighted by molar-refractivity contribution is 5.96. The molecule has 2 unspecified atom stereocenters. The number of hydrogen-bond donors (Lipinski definition) is 1. The predicted octanol–water partition coefficient (Wildman–Crippen LogP) is 1.77. The van der Waals surface area contributed by atoms with Crippen molar-refractivity contribution in [1.82, 2.24) is 4.98 Å². The third kappa shape index (κ3) is 4.21. The maximum Gasteiger partial charge on any atom is 0.320 e. The van der Waals surface area contributed by atoms with E-state index in [2.05, 4.69) is 4.98 Å². The zero-order valence-corrected chi connectivity index (χ0v) is 16.2. The second kappa shape index (κ2) is 9.16. The number of rotatable bonds is 7. The Balaban J connectivity index is 2.61. The zero-order valence-electron chi connectivity index (χ0n) is 16.2. The average molecular weight is 389 g/mol. The molecule has 1 aromatic heterocycles. The highest BCUT2D eigenvalue weighted by atomic mass is 16.5. The summed E-state index contributed by atoms with van der Waals surface area (Å²) < 4.78 is 14.6. The Bertz CT molecular complexity index is 918. The lowest BCUT2D eigenvalue weighted by Crippen LogP contribution is -2.38. The molecule has 0 aliphatic heterocycles. The van der Waals surface area contributed by atoms with Gasteiger partial charge in [0.15, 0.2) is 11.3 Å². The molecule has 0 bridgehead atoms. The van der Waals surface area contributed by atoms with Crippen molar-refractivity contribution in [3.8, 4) is 0 Å². The van der Waals surface area contributed by atoms with Crippen LogP contribution in [-0.4, -0.2) is 43.7 Å². The molecule has 0 aliphatic carbocycles. The summed E-state index contributed by atoms with van der Waals surface area (Å²) in [4.78, 5) is 52.7. The van der Waals surface area contributed by atoms with Crippen LogP contribution in [0.3, 0.4) is 0 Å². The van der Waals surface area contributed by atoms with Crippen LogP contribution in [0, 0.1) is 11.8 Å². The smallest absolute Gasteiger partial charge is 0.320 e. The van der Waals surface area contributed by atoms with Crippen LogP contribution in [0.5, 0.6) is 0 Å². The molecule has 0 aliphatic rings. The Hall–Kier alpha value is -3.16. The number of aromatic nitrogens is 1. The molecular formula is C20H23NO7. The van der Waals surface area contributed by atoms with Gasteiger partial charge in [-0.1, -0.05) is 19.1 Å². The molecule has 1 heterocycles. The van der Waals surface area contributed by atoms with Crippen LogP contribution < -0.4 is 5.43 Å². The van der Waals surface area contributed by atoms with Crippen molar-refractivity contribution in [2.24, 2.45) is 11.8 Å². The summed E-state index contributed by atoms with van der Waals surface area (Å²) in [7, 11) is 2.28. The van der Waals surface area contributed by atoms with Gasteiger partial charge in [-0.15, -0.1) is 0 Å². The van der Waals surface area contributed by atoms with Gasteiger partial charge in [0, 0.05) is 22.7 Å². The highest BCUT2D eigenvalue weighted by Gasteiger charge is 2.43. The van der Waals surface area contributed by atoms with Crippen molar-refractivity contribution in [2.45, 2.75) is 19.8 Å². The van der Waals surface area contributed by atoms with Gasteiger partial charge in [0.1, 0.15) is 5.92 Å². The molecule has 8 heteroatoms. The molecule has 1 aromatic carbocycles. The van der Waals surface area contributed by atoms with E-state index < -0.39 is 35.7 Å². The van der Waals surface area contributed by atoms with E-state index >= 15 is 0 Å². The molecule has 150 valence electrons. The van der Waals surface area contributed by atoms with Crippen LogP contribution in [0.4, 0.5) is 0 Å². The van der Waals surface area contributed by atoms with E-state index in [4.69, 9.17) is 14.2 Å². The Morgan fingerprint density at radius 3 is 2.21 bits per heavy atom. The molecule has 0 amide bonds. The van der Waals surface area contributed by atoms with Gasteiger partial charge in [-0.2, -0.15) is 0 Å². The van der Waals surface area contributed by atoms with Gasteiger partial charge in [0.05, 0.1) is 20.8 Å². The molecule has 28 heavy (non-hydrogen) atoms. The number of benzene rings is 1. The number of carbonyl (C=O) groups excluding carboxylic acids is 3. The van der Waals surface area contributed by atoms with Crippen molar-refractivity contribution in [1.29, 1.82) is 0 Å². The number of pyridine rings is 1. The lowest BCUT2D eigenvalue weighted by molar-refractivity contribution is -0.163. The SMILES string of the molecule is CCOC(=O)C(c1cc(=O)c2ccccc2[nH]1)C(C)C(C(=O)OC)C(=O)OC. The first-order valence-electron chi connectivity index (χ1n) is 8.79. The van der Waals surface area contributed by atoms with E-state index in [0.29, 0.717) is 10.9 Å². The monoisotopic (exact) mass is 389 g/mol. The molecule has 2 rings (SSSR count). The lowest BCUT2D eigenvalue weighted by Gasteiger charge is -2.27. The number of esters is 3. The normalized spacial score (nSPS) is 13.0. The van der Waals surface area contributed by atoms with E-state index in [1.807, 2.05) is 0 Å². The minimum absolute atomic E-state index is 0.0982. The van der Waals surface area contributed by atoms with Gasteiger partial charge in [0.2, 0.25) is 0 Å². The number of H-pyrrole nitrogens is 1. The summed E-state index contributed by atoms with van der Waals surface area (Å²) in [6, 6.07) is 8.12. The quantitative estimate of drug-likeness (QED) is 0.436. The molecule has 0 spiro atoms. The number of methoxy groups -OCH3 is 2. The molecule has 0 saturated heterocycles. The fourth-order valence-electron chi connectivity index (χ4n) is 3.21. The predicted molar refractivity (Wildman–Crippen MR) is 101 cm³/mol. The summed E-state index contributed by atoms with van der Waals surface area (Å²) in [5, 5.41) is 0.457. The number of carbonyl (C=O) groups is 3. The number of para-hydroxylation sites is 1. The largest absolute Gasteiger partial charge is 0.468 e. The highest BCUT2D eigenvalue weighted by Crippen LogP contribution is 2.32. The standard InChI is InChI=1S/C20H23NO7/c1-5-28-20(25)16(11(2)17(18(23)26-3)19(24)27-4)14-10-15(22)12-8-6-7-9-13(12)21-14/h6-11,16-17H,5H2,1-4H3,(H,21,22). The Kier molecular flexibility index (Phi) is 6.92. The number of hydrogen-bond acceptors (Lipinski definition) is 7. The molecule has 0 fully saturated rings. The fourth-order valence-corrected chi connectivity index (χ4v) is 3.21. The van der Waals surface area contributed by atoms with Crippen LogP contribution >= 0.6 is 0 Å². The van der Waals surface area contributed by atoms with Crippen LogP contribution in [0.1, 0.15) is 25.5 Å². The van der Waals surface area contributed by atoms with Crippen molar-refractivity contribution >= 4 is 28.8 Å². The number of aromatic amines is 1. The molecule has 0 radical (unpaired) electrons. The summed E-state index contributed by atoms with van der Waals surface area (Å²) >= 11 is 0. The second-order valence-corrected chi connectivity index (χ2v) is 6.25. The Labute approximate surface area is 161 Å². The Morgan fingerprint density at radius 2 is 1.64 bits per heavy atom. The van der Waals surface area contributed by atoms with Gasteiger partial charge in [-0.25, -0.2) is 0 Å². The van der Waals surface area contributed by atoms with E-state index in [0.717, 1.165) is 14.2 Å². The minimum atomic E-state index is -1.36. The van der Waals surface area contributed by atoms with Crippen molar-refractivity contribution in [2.75, 3.05) is 20.8 Å². The first-order chi connectivity index (χ1) is 13.3. The lowest BCUT2D eigenvalue weighted by atomic mass is 9.80. The van der Waals surface area contributed by atoms with Gasteiger partial charge in [-0.3, -0.25) is 19.2 Å². The summed E-state index contributed by atoms with van der Waals surface area (Å²) in [5.74, 6) is -5.68. The minimum Gasteiger partial charge on any atom is -0.468 e. The molecule has 2 aromatic rings. The van der Waals surface area contributed by atoms with Crippen molar-refractivity contribution in [3.63, 3.8) is 0 Å². The summed E-state index contributed by atoms with van der Waals surface area (Å²) in [5.41, 5.74) is 0.477. The number of ether oxygens (including phenoxy) is 3. The zero-order chi connectivity index (χ0) is 20.8. The molecule has 8 nitrogen and oxygen atoms in total. The van der Waals surface area contributed by atoms with E-state index in [1.54, 1.807) is 31.2 Å². The maximum absolute atomic E-state index is 12.7. The van der Waals surface area contributed by atoms with E-state index in [-0.39, 0.29) is 17.7 Å². The van der Waals surface area contributed by atoms with E-state index in [9.17, 15) is 19.2 Å². The van der Waals surface area contributed by atoms with Crippen molar-refractivity contribution in [3.05, 3.63) is 46.2 Å². The Morgan fingerprint density at radius 1 is 1.04 bits per heavy atom. The van der Waals surface area contributed by atoms with Gasteiger partial charge in [-0.05, 0) is 25.0 Å². The second-order valence-electron chi connectivity index (χ2n) is 6.25. The summed E-state index contributed by atoms with van der Waals surface area (Å²) in [6.45, 7) is 3.27. The van der Waals surface area contributed by atoms with Crippen LogP contribution in [0.25, 0.3) is 10.9 Å². The molecular weight excluding hydrogens is 366 g/mol. The van der Waals surface area contributed by atoms with Crippen LogP contribution in [0.15, 0.2) is 35.1 Å². The average Bonchev–Trinajstić information content (AvgIpc) is 2.68. The molecule has 0 saturated carbocycles. The summed E-state index contributed by atoms with van der Waals surface area (Å²) in [6.07, 6.45) is 0.